The molecule has 0 saturated heterocycles. The first kappa shape index (κ1) is 11.8. The molecule has 0 amide bonds. The number of rotatable bonds is 4. The molecule has 1 aromatic carbocycles. The van der Waals surface area contributed by atoms with E-state index in [0.717, 1.165) is 5.69 Å². The number of aromatic nitrogens is 2. The zero-order chi connectivity index (χ0) is 13.0. The third-order valence-corrected chi connectivity index (χ3v) is 2.36. The lowest BCUT2D eigenvalue weighted by molar-refractivity contribution is 0.0698. The average molecular weight is 244 g/mol. The highest BCUT2D eigenvalue weighted by Gasteiger charge is 2.09. The second-order valence-corrected chi connectivity index (χ2v) is 3.68. The number of anilines is 2. The first-order valence-electron chi connectivity index (χ1n) is 5.30. The van der Waals surface area contributed by atoms with E-state index in [1.54, 1.807) is 30.5 Å². The minimum atomic E-state index is -1.00. The normalized spacial score (nSPS) is 10.0. The average Bonchev–Trinajstić information content (AvgIpc) is 2.37. The zero-order valence-electron chi connectivity index (χ0n) is 9.50. The van der Waals surface area contributed by atoms with E-state index in [9.17, 15) is 4.79 Å². The summed E-state index contributed by atoms with van der Waals surface area (Å²) < 4.78 is 0. The monoisotopic (exact) mass is 244 g/mol. The van der Waals surface area contributed by atoms with Crippen LogP contribution in [0.4, 0.5) is 11.4 Å². The predicted molar refractivity (Wildman–Crippen MR) is 67.2 cm³/mol. The molecular weight excluding hydrogens is 232 g/mol. The highest BCUT2D eigenvalue weighted by atomic mass is 16.4. The zero-order valence-corrected chi connectivity index (χ0v) is 9.50. The van der Waals surface area contributed by atoms with E-state index in [2.05, 4.69) is 15.5 Å². The van der Waals surface area contributed by atoms with Crippen LogP contribution < -0.4 is 11.1 Å². The van der Waals surface area contributed by atoms with E-state index < -0.39 is 5.97 Å². The van der Waals surface area contributed by atoms with Gasteiger partial charge in [0.05, 0.1) is 23.5 Å². The van der Waals surface area contributed by atoms with Gasteiger partial charge in [0.1, 0.15) is 0 Å². The number of nitrogens with one attached hydrogen (secondary N) is 1. The Balaban J connectivity index is 2.18. The molecular formula is C12H12N4O2. The van der Waals surface area contributed by atoms with Crippen molar-refractivity contribution < 1.29 is 9.90 Å². The van der Waals surface area contributed by atoms with Gasteiger partial charge in [0.25, 0.3) is 0 Å². The summed E-state index contributed by atoms with van der Waals surface area (Å²) >= 11 is 0. The van der Waals surface area contributed by atoms with Crippen LogP contribution in [0, 0.1) is 0 Å². The molecule has 1 heterocycles. The van der Waals surface area contributed by atoms with Crippen LogP contribution in [0.25, 0.3) is 0 Å². The number of hydrogen-bond acceptors (Lipinski definition) is 5. The van der Waals surface area contributed by atoms with Crippen LogP contribution in [0.15, 0.2) is 36.5 Å². The first-order chi connectivity index (χ1) is 8.66. The van der Waals surface area contributed by atoms with Gasteiger partial charge < -0.3 is 16.2 Å². The van der Waals surface area contributed by atoms with Crippen LogP contribution in [-0.2, 0) is 6.54 Å². The third kappa shape index (κ3) is 2.73. The summed E-state index contributed by atoms with van der Waals surface area (Å²) in [4.78, 5) is 11.0. The molecule has 0 saturated carbocycles. The number of nitrogens with two attached hydrogens (primary N) is 1. The van der Waals surface area contributed by atoms with Gasteiger partial charge in [-0.2, -0.15) is 10.2 Å². The Morgan fingerprint density at radius 3 is 2.89 bits per heavy atom. The summed E-state index contributed by atoms with van der Waals surface area (Å²) in [7, 11) is 0. The Morgan fingerprint density at radius 1 is 1.39 bits per heavy atom. The fraction of sp³-hybridized carbons (Fsp3) is 0.0833. The standard InChI is InChI=1S/C12H12N4O2/c13-8-3-4-10(12(17)18)11(6-8)14-7-9-2-1-5-15-16-9/h1-6,14H,7,13H2,(H,17,18). The molecule has 2 rings (SSSR count). The first-order valence-corrected chi connectivity index (χ1v) is 5.30. The molecule has 0 radical (unpaired) electrons. The smallest absolute Gasteiger partial charge is 0.337 e. The summed E-state index contributed by atoms with van der Waals surface area (Å²) in [6.45, 7) is 0.386. The van der Waals surface area contributed by atoms with Crippen LogP contribution in [0.2, 0.25) is 0 Å². The molecule has 0 atom stereocenters. The Kier molecular flexibility index (Phi) is 3.38. The highest BCUT2D eigenvalue weighted by Crippen LogP contribution is 2.19. The molecule has 0 fully saturated rings. The van der Waals surface area contributed by atoms with Crippen LogP contribution in [0.5, 0.6) is 0 Å². The molecule has 92 valence electrons. The molecule has 1 aromatic heterocycles. The van der Waals surface area contributed by atoms with Gasteiger partial charge >= 0.3 is 5.97 Å². The van der Waals surface area contributed by atoms with Crippen molar-refractivity contribution in [1.82, 2.24) is 10.2 Å². The van der Waals surface area contributed by atoms with Crippen molar-refractivity contribution in [2.24, 2.45) is 0 Å². The lowest BCUT2D eigenvalue weighted by Crippen LogP contribution is -2.08. The molecule has 0 aliphatic heterocycles. The summed E-state index contributed by atoms with van der Waals surface area (Å²) in [6.07, 6.45) is 1.58. The number of nitrogens with zero attached hydrogens (tertiary/aromatic N) is 2. The number of nitrogen functional groups attached to an aromatic ring is 1. The highest BCUT2D eigenvalue weighted by molar-refractivity contribution is 5.95. The van der Waals surface area contributed by atoms with Gasteiger partial charge in [-0.25, -0.2) is 4.79 Å². The van der Waals surface area contributed by atoms with Crippen molar-refractivity contribution in [3.05, 3.63) is 47.8 Å². The Hall–Kier alpha value is -2.63. The number of carboxylic acid groups (broad SMARTS) is 1. The van der Waals surface area contributed by atoms with Crippen molar-refractivity contribution in [3.63, 3.8) is 0 Å². The van der Waals surface area contributed by atoms with Gasteiger partial charge in [0.15, 0.2) is 0 Å². The van der Waals surface area contributed by atoms with Gasteiger partial charge in [-0.1, -0.05) is 0 Å². The third-order valence-electron chi connectivity index (χ3n) is 2.36. The number of carboxylic acids is 1. The molecule has 0 unspecified atom stereocenters. The Morgan fingerprint density at radius 2 is 2.22 bits per heavy atom. The number of benzene rings is 1. The molecule has 0 spiro atoms. The number of carbonyl (C=O) groups is 1. The van der Waals surface area contributed by atoms with Crippen LogP contribution >= 0.6 is 0 Å². The van der Waals surface area contributed by atoms with Crippen molar-refractivity contribution in [1.29, 1.82) is 0 Å². The lowest BCUT2D eigenvalue weighted by Gasteiger charge is -2.09. The maximum Gasteiger partial charge on any atom is 0.337 e. The molecule has 2 aromatic rings. The largest absolute Gasteiger partial charge is 0.478 e. The van der Waals surface area contributed by atoms with Gasteiger partial charge in [-0.3, -0.25) is 0 Å². The second-order valence-electron chi connectivity index (χ2n) is 3.68. The topological polar surface area (TPSA) is 101 Å². The van der Waals surface area contributed by atoms with Gasteiger partial charge in [-0.15, -0.1) is 0 Å². The maximum absolute atomic E-state index is 11.0. The summed E-state index contributed by atoms with van der Waals surface area (Å²) in [6, 6.07) is 8.17. The molecule has 18 heavy (non-hydrogen) atoms. The Labute approximate surface area is 103 Å². The van der Waals surface area contributed by atoms with E-state index >= 15 is 0 Å². The van der Waals surface area contributed by atoms with Crippen molar-refractivity contribution in [3.8, 4) is 0 Å². The fourth-order valence-corrected chi connectivity index (χ4v) is 1.51. The number of hydrogen-bond donors (Lipinski definition) is 3. The van der Waals surface area contributed by atoms with Crippen LogP contribution in [-0.4, -0.2) is 21.3 Å². The van der Waals surface area contributed by atoms with E-state index in [-0.39, 0.29) is 5.56 Å². The summed E-state index contributed by atoms with van der Waals surface area (Å²) in [5, 5.41) is 19.7. The van der Waals surface area contributed by atoms with E-state index in [1.807, 2.05) is 0 Å². The summed E-state index contributed by atoms with van der Waals surface area (Å²) in [5.41, 5.74) is 7.50. The predicted octanol–water partition coefficient (Wildman–Crippen LogP) is 1.37. The molecule has 6 nitrogen and oxygen atoms in total. The second kappa shape index (κ2) is 5.13. The fourth-order valence-electron chi connectivity index (χ4n) is 1.51. The van der Waals surface area contributed by atoms with Crippen molar-refractivity contribution in [2.45, 2.75) is 6.54 Å². The van der Waals surface area contributed by atoms with Gasteiger partial charge in [0, 0.05) is 11.9 Å². The summed E-state index contributed by atoms with van der Waals surface area (Å²) in [5.74, 6) is -1.00. The van der Waals surface area contributed by atoms with Crippen molar-refractivity contribution in [2.75, 3.05) is 11.1 Å². The molecule has 0 bridgehead atoms. The number of aromatic carboxylic acids is 1. The van der Waals surface area contributed by atoms with E-state index in [4.69, 9.17) is 10.8 Å². The van der Waals surface area contributed by atoms with Crippen LogP contribution in [0.1, 0.15) is 16.1 Å². The SMILES string of the molecule is Nc1ccc(C(=O)O)c(NCc2cccnn2)c1. The van der Waals surface area contributed by atoms with E-state index in [1.165, 1.54) is 6.07 Å². The van der Waals surface area contributed by atoms with E-state index in [0.29, 0.717) is 17.9 Å². The Bertz CT molecular complexity index is 557. The molecule has 6 heteroatoms. The van der Waals surface area contributed by atoms with Gasteiger partial charge in [0.2, 0.25) is 0 Å². The maximum atomic E-state index is 11.0. The van der Waals surface area contributed by atoms with Crippen molar-refractivity contribution >= 4 is 17.3 Å². The lowest BCUT2D eigenvalue weighted by atomic mass is 10.1. The van der Waals surface area contributed by atoms with Gasteiger partial charge in [-0.05, 0) is 30.3 Å². The quantitative estimate of drug-likeness (QED) is 0.702. The van der Waals surface area contributed by atoms with Crippen LogP contribution in [0.3, 0.4) is 0 Å². The molecule has 0 aliphatic rings. The minimum absolute atomic E-state index is 0.174. The molecule has 4 N–H and O–H groups in total. The minimum Gasteiger partial charge on any atom is -0.478 e. The molecule has 0 aliphatic carbocycles.